The van der Waals surface area contributed by atoms with Gasteiger partial charge in [-0.15, -0.1) is 0 Å². The highest BCUT2D eigenvalue weighted by Crippen LogP contribution is 2.34. The van der Waals surface area contributed by atoms with Gasteiger partial charge in [0.05, 0.1) is 17.9 Å². The van der Waals surface area contributed by atoms with Gasteiger partial charge in [-0.25, -0.2) is 18.6 Å². The van der Waals surface area contributed by atoms with Gasteiger partial charge in [0.25, 0.3) is 0 Å². The molecule has 1 fully saturated rings. The van der Waals surface area contributed by atoms with E-state index in [1.807, 2.05) is 6.92 Å². The van der Waals surface area contributed by atoms with Crippen molar-refractivity contribution in [2.24, 2.45) is 5.92 Å². The monoisotopic (exact) mass is 488 g/mol. The molecule has 1 saturated heterocycles. The molecule has 0 radical (unpaired) electrons. The summed E-state index contributed by atoms with van der Waals surface area (Å²) in [7, 11) is 0. The number of ether oxygens (including phenoxy) is 1. The standard InChI is InChI=1S/C25H30F2N4O4/c1-14-6-7-20(16-9-17(26)11-18(27)10-16)31(13-14)23(33)22(32)29-19-8-15(2)21(28-12-19)30-24(34)35-25(3,4)5/h8-12,14,20H,6-7,13H2,1-5H3,(H,29,32)(H,28,30,34)/t14-,20+/m0/s1. The number of amides is 3. The maximum atomic E-state index is 13.8. The van der Waals surface area contributed by atoms with Gasteiger partial charge >= 0.3 is 17.9 Å². The number of piperidine rings is 1. The van der Waals surface area contributed by atoms with Gasteiger partial charge in [0.15, 0.2) is 0 Å². The van der Waals surface area contributed by atoms with E-state index in [4.69, 9.17) is 4.74 Å². The van der Waals surface area contributed by atoms with Gasteiger partial charge in [-0.2, -0.15) is 0 Å². The van der Waals surface area contributed by atoms with E-state index in [1.165, 1.54) is 23.2 Å². The highest BCUT2D eigenvalue weighted by atomic mass is 19.1. The van der Waals surface area contributed by atoms with Crippen LogP contribution in [0.3, 0.4) is 0 Å². The quantitative estimate of drug-likeness (QED) is 0.595. The Bertz CT molecular complexity index is 1110. The van der Waals surface area contributed by atoms with Gasteiger partial charge in [0, 0.05) is 12.6 Å². The Morgan fingerprint density at radius 1 is 1.06 bits per heavy atom. The first-order valence-electron chi connectivity index (χ1n) is 11.4. The van der Waals surface area contributed by atoms with Crippen molar-refractivity contribution in [2.45, 2.75) is 59.1 Å². The summed E-state index contributed by atoms with van der Waals surface area (Å²) in [6.45, 7) is 9.12. The summed E-state index contributed by atoms with van der Waals surface area (Å²) in [6.07, 6.45) is 1.88. The number of aryl methyl sites for hydroxylation is 1. The first-order valence-corrected chi connectivity index (χ1v) is 11.4. The number of nitrogens with zero attached hydrogens (tertiary/aromatic N) is 2. The number of rotatable bonds is 3. The van der Waals surface area contributed by atoms with Crippen molar-refractivity contribution in [1.82, 2.24) is 9.88 Å². The van der Waals surface area contributed by atoms with Crippen molar-refractivity contribution in [3.05, 3.63) is 53.2 Å². The van der Waals surface area contributed by atoms with Crippen LogP contribution in [0, 0.1) is 24.5 Å². The van der Waals surface area contributed by atoms with E-state index in [-0.39, 0.29) is 24.0 Å². The van der Waals surface area contributed by atoms with E-state index < -0.39 is 41.2 Å². The van der Waals surface area contributed by atoms with Gasteiger partial charge < -0.3 is 15.0 Å². The average Bonchev–Trinajstić information content (AvgIpc) is 2.73. The summed E-state index contributed by atoms with van der Waals surface area (Å²) in [5.74, 6) is -2.80. The summed E-state index contributed by atoms with van der Waals surface area (Å²) < 4.78 is 32.8. The zero-order chi connectivity index (χ0) is 25.9. The van der Waals surface area contributed by atoms with Crippen LogP contribution in [0.2, 0.25) is 0 Å². The lowest BCUT2D eigenvalue weighted by Crippen LogP contribution is -2.46. The fourth-order valence-corrected chi connectivity index (χ4v) is 3.98. The van der Waals surface area contributed by atoms with Crippen molar-refractivity contribution in [3.8, 4) is 0 Å². The Labute approximate surface area is 203 Å². The maximum Gasteiger partial charge on any atom is 0.413 e. The minimum Gasteiger partial charge on any atom is -0.444 e. The molecule has 0 saturated carbocycles. The molecule has 188 valence electrons. The Morgan fingerprint density at radius 2 is 1.71 bits per heavy atom. The molecule has 2 N–H and O–H groups in total. The number of pyridine rings is 1. The molecule has 8 nitrogen and oxygen atoms in total. The number of hydrogen-bond donors (Lipinski definition) is 2. The summed E-state index contributed by atoms with van der Waals surface area (Å²) in [5.41, 5.74) is 0.438. The Morgan fingerprint density at radius 3 is 2.31 bits per heavy atom. The number of halogens is 2. The van der Waals surface area contributed by atoms with Gasteiger partial charge in [0.2, 0.25) is 0 Å². The molecule has 3 amide bonds. The maximum absolute atomic E-state index is 13.8. The smallest absolute Gasteiger partial charge is 0.413 e. The van der Waals surface area contributed by atoms with Gasteiger partial charge in [-0.3, -0.25) is 14.9 Å². The lowest BCUT2D eigenvalue weighted by Gasteiger charge is -2.38. The van der Waals surface area contributed by atoms with E-state index in [0.717, 1.165) is 12.5 Å². The van der Waals surface area contributed by atoms with Crippen LogP contribution in [-0.4, -0.2) is 39.9 Å². The Hall–Kier alpha value is -3.56. The van der Waals surface area contributed by atoms with Crippen LogP contribution < -0.4 is 10.6 Å². The minimum absolute atomic E-state index is 0.128. The summed E-state index contributed by atoms with van der Waals surface area (Å²) in [6, 6.07) is 4.08. The molecule has 0 aliphatic carbocycles. The SMILES string of the molecule is Cc1cc(NC(=O)C(=O)N2C[C@@H](C)CC[C@@H]2c2cc(F)cc(F)c2)cnc1NC(=O)OC(C)(C)C. The lowest BCUT2D eigenvalue weighted by molar-refractivity contribution is -0.146. The second-order valence-electron chi connectivity index (χ2n) is 9.83. The second kappa shape index (κ2) is 10.4. The number of hydrogen-bond acceptors (Lipinski definition) is 5. The van der Waals surface area contributed by atoms with E-state index >= 15 is 0 Å². The van der Waals surface area contributed by atoms with Crippen LogP contribution in [0.5, 0.6) is 0 Å². The molecule has 35 heavy (non-hydrogen) atoms. The third kappa shape index (κ3) is 6.97. The molecule has 2 heterocycles. The van der Waals surface area contributed by atoms with Crippen LogP contribution in [0.15, 0.2) is 30.5 Å². The van der Waals surface area contributed by atoms with E-state index in [1.54, 1.807) is 33.8 Å². The first-order chi connectivity index (χ1) is 16.3. The lowest BCUT2D eigenvalue weighted by atomic mass is 9.89. The molecular weight excluding hydrogens is 458 g/mol. The number of benzene rings is 1. The molecular formula is C25H30F2N4O4. The van der Waals surface area contributed by atoms with E-state index in [9.17, 15) is 23.2 Å². The van der Waals surface area contributed by atoms with Crippen LogP contribution in [0.4, 0.5) is 25.1 Å². The highest BCUT2D eigenvalue weighted by Gasteiger charge is 2.34. The minimum atomic E-state index is -0.893. The molecule has 2 aromatic rings. The second-order valence-corrected chi connectivity index (χ2v) is 9.83. The highest BCUT2D eigenvalue weighted by molar-refractivity contribution is 6.39. The van der Waals surface area contributed by atoms with Crippen LogP contribution >= 0.6 is 0 Å². The Kier molecular flexibility index (Phi) is 7.72. The van der Waals surface area contributed by atoms with E-state index in [0.29, 0.717) is 17.5 Å². The molecule has 2 atom stereocenters. The predicted octanol–water partition coefficient (Wildman–Crippen LogP) is 4.95. The Balaban J connectivity index is 1.73. The summed E-state index contributed by atoms with van der Waals surface area (Å²) >= 11 is 0. The van der Waals surface area contributed by atoms with Gasteiger partial charge in [-0.05, 0) is 75.8 Å². The molecule has 1 aromatic heterocycles. The van der Waals surface area contributed by atoms with Crippen molar-refractivity contribution < 1.29 is 27.9 Å². The zero-order valence-corrected chi connectivity index (χ0v) is 20.4. The molecule has 1 aliphatic heterocycles. The van der Waals surface area contributed by atoms with Crippen molar-refractivity contribution in [3.63, 3.8) is 0 Å². The van der Waals surface area contributed by atoms with Crippen molar-refractivity contribution in [1.29, 1.82) is 0 Å². The van der Waals surface area contributed by atoms with Crippen LogP contribution in [-0.2, 0) is 14.3 Å². The molecule has 0 spiro atoms. The third-order valence-electron chi connectivity index (χ3n) is 5.50. The summed E-state index contributed by atoms with van der Waals surface area (Å²) in [5, 5.41) is 5.06. The van der Waals surface area contributed by atoms with Gasteiger partial charge in [-0.1, -0.05) is 6.92 Å². The fraction of sp³-hybridized carbons (Fsp3) is 0.440. The van der Waals surface area contributed by atoms with Crippen LogP contribution in [0.1, 0.15) is 57.7 Å². The number of carbonyl (C=O) groups excluding carboxylic acids is 3. The molecule has 0 bridgehead atoms. The number of aromatic nitrogens is 1. The zero-order valence-electron chi connectivity index (χ0n) is 20.4. The number of likely N-dealkylation sites (tertiary alicyclic amines) is 1. The summed E-state index contributed by atoms with van der Waals surface area (Å²) in [4.78, 5) is 43.3. The predicted molar refractivity (Wildman–Crippen MR) is 127 cm³/mol. The number of carbonyl (C=O) groups is 3. The van der Waals surface area contributed by atoms with Crippen LogP contribution in [0.25, 0.3) is 0 Å². The van der Waals surface area contributed by atoms with Crippen molar-refractivity contribution >= 4 is 29.4 Å². The average molecular weight is 489 g/mol. The topological polar surface area (TPSA) is 101 Å². The van der Waals surface area contributed by atoms with Gasteiger partial charge in [0.1, 0.15) is 23.1 Å². The number of nitrogens with one attached hydrogen (secondary N) is 2. The molecule has 1 aliphatic rings. The molecule has 10 heteroatoms. The molecule has 3 rings (SSSR count). The molecule has 0 unspecified atom stereocenters. The normalized spacial score (nSPS) is 18.1. The van der Waals surface area contributed by atoms with Crippen molar-refractivity contribution in [2.75, 3.05) is 17.2 Å². The largest absolute Gasteiger partial charge is 0.444 e. The molecule has 1 aromatic carbocycles. The first kappa shape index (κ1) is 26.1. The fourth-order valence-electron chi connectivity index (χ4n) is 3.98. The van der Waals surface area contributed by atoms with E-state index in [2.05, 4.69) is 15.6 Å². The third-order valence-corrected chi connectivity index (χ3v) is 5.50. The number of anilines is 2.